The predicted molar refractivity (Wildman–Crippen MR) is 146 cm³/mol. The standard InChI is InChI=1S/C27H32FN3O4SSi/c1-17(19-10-8-9-11-20(19)28)35-23-13-24(36-25(23)26(32)33-5)31-16-30-21-14-29-18(12-22(21)31)15-34-37(6,7)27(2,3)4/h8-14,16-17H,15H2,1-7H3/t17-/m1/s1. The fourth-order valence-electron chi connectivity index (χ4n) is 3.54. The van der Waals surface area contributed by atoms with Crippen molar-refractivity contribution in [1.29, 1.82) is 0 Å². The van der Waals surface area contributed by atoms with Crippen molar-refractivity contribution in [2.24, 2.45) is 0 Å². The smallest absolute Gasteiger partial charge is 0.351 e. The summed E-state index contributed by atoms with van der Waals surface area (Å²) in [5.74, 6) is -0.577. The Labute approximate surface area is 221 Å². The number of esters is 1. The minimum Gasteiger partial charge on any atom is -0.484 e. The summed E-state index contributed by atoms with van der Waals surface area (Å²) in [6.45, 7) is 13.2. The van der Waals surface area contributed by atoms with Gasteiger partial charge >= 0.3 is 5.97 Å². The largest absolute Gasteiger partial charge is 0.484 e. The van der Waals surface area contributed by atoms with Crippen LogP contribution in [-0.4, -0.2) is 35.9 Å². The molecule has 0 bridgehead atoms. The van der Waals surface area contributed by atoms with Crippen LogP contribution in [0.2, 0.25) is 18.1 Å². The first-order valence-corrected chi connectivity index (χ1v) is 15.7. The van der Waals surface area contributed by atoms with E-state index in [0.717, 1.165) is 11.2 Å². The Bertz CT molecular complexity index is 1430. The predicted octanol–water partition coefficient (Wildman–Crippen LogP) is 7.07. The number of pyridine rings is 1. The number of carbonyl (C=O) groups excluding carboxylic acids is 1. The normalized spacial score (nSPS) is 13.1. The van der Waals surface area contributed by atoms with Crippen LogP contribution in [0.1, 0.15) is 54.7 Å². The SMILES string of the molecule is COC(=O)c1sc(-n2cnc3cnc(CO[Si](C)(C)C(C)(C)C)cc32)cc1O[C@H](C)c1ccccc1F. The van der Waals surface area contributed by atoms with E-state index in [1.165, 1.54) is 24.5 Å². The molecule has 0 amide bonds. The number of benzene rings is 1. The number of imidazole rings is 1. The third kappa shape index (κ3) is 5.61. The summed E-state index contributed by atoms with van der Waals surface area (Å²) in [6, 6.07) is 10.1. The molecule has 0 unspecified atom stereocenters. The van der Waals surface area contributed by atoms with Gasteiger partial charge in [-0.25, -0.2) is 14.2 Å². The minimum absolute atomic E-state index is 0.0936. The highest BCUT2D eigenvalue weighted by Gasteiger charge is 2.37. The Balaban J connectivity index is 1.67. The summed E-state index contributed by atoms with van der Waals surface area (Å²) in [6.07, 6.45) is 2.79. The van der Waals surface area contributed by atoms with E-state index < -0.39 is 20.4 Å². The topological polar surface area (TPSA) is 75.5 Å². The van der Waals surface area contributed by atoms with Crippen molar-refractivity contribution in [3.8, 4) is 10.8 Å². The van der Waals surface area contributed by atoms with Crippen molar-refractivity contribution in [1.82, 2.24) is 14.5 Å². The monoisotopic (exact) mass is 541 g/mol. The Kier molecular flexibility index (Phi) is 7.54. The molecule has 0 saturated heterocycles. The van der Waals surface area contributed by atoms with Gasteiger partial charge in [0.2, 0.25) is 0 Å². The van der Waals surface area contributed by atoms with Crippen molar-refractivity contribution in [2.75, 3.05) is 7.11 Å². The molecule has 0 fully saturated rings. The van der Waals surface area contributed by atoms with Crippen LogP contribution < -0.4 is 4.74 Å². The molecular formula is C27H32FN3O4SSi. The highest BCUT2D eigenvalue weighted by Crippen LogP contribution is 2.38. The second-order valence-corrected chi connectivity index (χ2v) is 16.2. The maximum atomic E-state index is 14.3. The molecule has 1 aromatic carbocycles. The Morgan fingerprint density at radius 1 is 1.19 bits per heavy atom. The number of rotatable bonds is 8. The van der Waals surface area contributed by atoms with Gasteiger partial charge in [0.05, 0.1) is 31.1 Å². The number of thiophene rings is 1. The lowest BCUT2D eigenvalue weighted by Gasteiger charge is -2.36. The van der Waals surface area contributed by atoms with Crippen LogP contribution in [0.15, 0.2) is 48.9 Å². The van der Waals surface area contributed by atoms with Crippen molar-refractivity contribution in [3.63, 3.8) is 0 Å². The highest BCUT2D eigenvalue weighted by atomic mass is 32.1. The summed E-state index contributed by atoms with van der Waals surface area (Å²) in [5.41, 5.74) is 2.74. The van der Waals surface area contributed by atoms with Gasteiger partial charge in [0.1, 0.15) is 34.5 Å². The lowest BCUT2D eigenvalue weighted by atomic mass is 10.1. The average Bonchev–Trinajstić information content (AvgIpc) is 3.45. The molecule has 0 aliphatic heterocycles. The van der Waals surface area contributed by atoms with Crippen LogP contribution in [0.5, 0.6) is 5.75 Å². The van der Waals surface area contributed by atoms with Crippen LogP contribution in [0, 0.1) is 5.82 Å². The van der Waals surface area contributed by atoms with E-state index in [1.807, 2.05) is 10.6 Å². The Hall–Kier alpha value is -3.08. The lowest BCUT2D eigenvalue weighted by Crippen LogP contribution is -2.40. The molecule has 37 heavy (non-hydrogen) atoms. The molecule has 196 valence electrons. The Morgan fingerprint density at radius 2 is 1.92 bits per heavy atom. The molecule has 3 aromatic heterocycles. The maximum absolute atomic E-state index is 14.3. The molecule has 0 N–H and O–H groups in total. The highest BCUT2D eigenvalue weighted by molar-refractivity contribution is 7.16. The van der Waals surface area contributed by atoms with Gasteiger partial charge in [-0.05, 0) is 37.2 Å². The van der Waals surface area contributed by atoms with Crippen molar-refractivity contribution < 1.29 is 23.1 Å². The van der Waals surface area contributed by atoms with Crippen molar-refractivity contribution in [2.45, 2.75) is 58.5 Å². The van der Waals surface area contributed by atoms with Gasteiger partial charge in [-0.3, -0.25) is 9.55 Å². The quantitative estimate of drug-likeness (QED) is 0.175. The second-order valence-electron chi connectivity index (χ2n) is 10.4. The van der Waals surface area contributed by atoms with Crippen LogP contribution in [0.4, 0.5) is 4.39 Å². The van der Waals surface area contributed by atoms with E-state index in [1.54, 1.807) is 43.7 Å². The molecule has 4 aromatic rings. The summed E-state index contributed by atoms with van der Waals surface area (Å²) in [5, 5.41) is 0.803. The van der Waals surface area contributed by atoms with Crippen LogP contribution in [0.3, 0.4) is 0 Å². The van der Waals surface area contributed by atoms with E-state index in [0.29, 0.717) is 28.4 Å². The first-order chi connectivity index (χ1) is 17.4. The lowest BCUT2D eigenvalue weighted by molar-refractivity contribution is 0.0600. The van der Waals surface area contributed by atoms with Gasteiger partial charge < -0.3 is 13.9 Å². The minimum atomic E-state index is -1.94. The Morgan fingerprint density at radius 3 is 2.59 bits per heavy atom. The number of aromatic nitrogens is 3. The van der Waals surface area contributed by atoms with E-state index in [9.17, 15) is 9.18 Å². The molecule has 0 spiro atoms. The van der Waals surface area contributed by atoms with E-state index in [4.69, 9.17) is 13.9 Å². The number of carbonyl (C=O) groups is 1. The number of hydrogen-bond donors (Lipinski definition) is 0. The third-order valence-corrected chi connectivity index (χ3v) is 12.4. The average molecular weight is 542 g/mol. The fourth-order valence-corrected chi connectivity index (χ4v) is 5.48. The summed E-state index contributed by atoms with van der Waals surface area (Å²) >= 11 is 1.22. The molecule has 7 nitrogen and oxygen atoms in total. The zero-order valence-corrected chi connectivity index (χ0v) is 24.0. The summed E-state index contributed by atoms with van der Waals surface area (Å²) in [7, 11) is -0.622. The number of fused-ring (bicyclic) bond motifs is 1. The van der Waals surface area contributed by atoms with Crippen LogP contribution in [0.25, 0.3) is 16.0 Å². The maximum Gasteiger partial charge on any atom is 0.351 e. The first kappa shape index (κ1) is 27.0. The van der Waals surface area contributed by atoms with E-state index in [2.05, 4.69) is 43.8 Å². The van der Waals surface area contributed by atoms with E-state index >= 15 is 0 Å². The summed E-state index contributed by atoms with van der Waals surface area (Å²) in [4.78, 5) is 21.9. The van der Waals surface area contributed by atoms with Gasteiger partial charge in [0.25, 0.3) is 0 Å². The van der Waals surface area contributed by atoms with Crippen LogP contribution in [-0.2, 0) is 15.8 Å². The molecule has 0 aliphatic rings. The molecule has 10 heteroatoms. The summed E-state index contributed by atoms with van der Waals surface area (Å²) < 4.78 is 33.6. The second kappa shape index (κ2) is 10.4. The van der Waals surface area contributed by atoms with Gasteiger partial charge in [0, 0.05) is 11.6 Å². The molecule has 4 rings (SSSR count). The molecular weight excluding hydrogens is 509 g/mol. The van der Waals surface area contributed by atoms with Crippen LogP contribution >= 0.6 is 11.3 Å². The van der Waals surface area contributed by atoms with Crippen molar-refractivity contribution in [3.05, 3.63) is 70.9 Å². The molecule has 3 heterocycles. The molecule has 1 atom stereocenters. The molecule has 0 radical (unpaired) electrons. The zero-order chi connectivity index (χ0) is 27.0. The fraction of sp³-hybridized carbons (Fsp3) is 0.370. The molecule has 0 aliphatic carbocycles. The van der Waals surface area contributed by atoms with Gasteiger partial charge in [-0.1, -0.05) is 39.0 Å². The number of halogens is 1. The third-order valence-electron chi connectivity index (χ3n) is 6.82. The van der Waals surface area contributed by atoms with Gasteiger partial charge in [-0.2, -0.15) is 0 Å². The van der Waals surface area contributed by atoms with Gasteiger partial charge in [0.15, 0.2) is 13.2 Å². The number of hydrogen-bond acceptors (Lipinski definition) is 7. The zero-order valence-electron chi connectivity index (χ0n) is 22.2. The number of ether oxygens (including phenoxy) is 2. The molecule has 0 saturated carbocycles. The number of methoxy groups -OCH3 is 1. The van der Waals surface area contributed by atoms with E-state index in [-0.39, 0.29) is 15.7 Å². The van der Waals surface area contributed by atoms with Crippen molar-refractivity contribution >= 4 is 36.7 Å². The van der Waals surface area contributed by atoms with Gasteiger partial charge in [-0.15, -0.1) is 11.3 Å². The number of nitrogens with zero attached hydrogens (tertiary/aromatic N) is 3. The first-order valence-electron chi connectivity index (χ1n) is 12.0.